The number of hydrogen-bond donors (Lipinski definition) is 0. The van der Waals surface area contributed by atoms with Crippen molar-refractivity contribution in [2.45, 2.75) is 26.7 Å². The standard InChI is InChI=1S/C8H11.2ClH.Ti/c1-3-8-5-4-7(2)6-8;;;/h5H,3-4H2,1-2H3;2*1H;/q-1;;;+3/p-2. The predicted octanol–water partition coefficient (Wildman–Crippen LogP) is -3.52. The first-order chi connectivity index (χ1) is 3.83. The van der Waals surface area contributed by atoms with Gasteiger partial charge >= 0.3 is 21.7 Å². The average molecular weight is 226 g/mol. The van der Waals surface area contributed by atoms with Gasteiger partial charge in [-0.15, -0.1) is 0 Å². The summed E-state index contributed by atoms with van der Waals surface area (Å²) < 4.78 is 0. The van der Waals surface area contributed by atoms with E-state index < -0.39 is 0 Å². The van der Waals surface area contributed by atoms with Gasteiger partial charge in [0.15, 0.2) is 0 Å². The van der Waals surface area contributed by atoms with E-state index in [4.69, 9.17) is 0 Å². The maximum atomic E-state index is 3.28. The second-order valence-electron chi connectivity index (χ2n) is 2.19. The van der Waals surface area contributed by atoms with E-state index in [2.05, 4.69) is 26.0 Å². The topological polar surface area (TPSA) is 0 Å². The van der Waals surface area contributed by atoms with Crippen LogP contribution in [-0.2, 0) is 21.7 Å². The number of allylic oxidation sites excluding steroid dienone is 4. The molecule has 0 atom stereocenters. The Morgan fingerprint density at radius 3 is 2.18 bits per heavy atom. The summed E-state index contributed by atoms with van der Waals surface area (Å²) in [4.78, 5) is 0. The fourth-order valence-electron chi connectivity index (χ4n) is 0.885. The van der Waals surface area contributed by atoms with Crippen LogP contribution < -0.4 is 24.8 Å². The first-order valence-electron chi connectivity index (χ1n) is 3.11. The molecule has 1 rings (SSSR count). The van der Waals surface area contributed by atoms with Gasteiger partial charge in [-0.05, 0) is 0 Å². The molecule has 11 heavy (non-hydrogen) atoms. The fourth-order valence-corrected chi connectivity index (χ4v) is 0.885. The SMILES string of the molecule is CCC1=CCC(C)=[C-]1.[Cl-].[Cl-].[Ti+3]. The summed E-state index contributed by atoms with van der Waals surface area (Å²) >= 11 is 0. The van der Waals surface area contributed by atoms with Crippen LogP contribution in [0.15, 0.2) is 17.2 Å². The summed E-state index contributed by atoms with van der Waals surface area (Å²) in [6.07, 6.45) is 7.79. The van der Waals surface area contributed by atoms with E-state index in [1.165, 1.54) is 11.1 Å². The Bertz CT molecular complexity index is 150. The Balaban J connectivity index is -0.000000213. The number of rotatable bonds is 1. The molecule has 0 aliphatic heterocycles. The van der Waals surface area contributed by atoms with Crippen LogP contribution in [0, 0.1) is 6.08 Å². The van der Waals surface area contributed by atoms with Crippen molar-refractivity contribution in [3.8, 4) is 0 Å². The quantitative estimate of drug-likeness (QED) is 0.321. The summed E-state index contributed by atoms with van der Waals surface area (Å²) in [5, 5.41) is 0. The maximum absolute atomic E-state index is 3.28. The van der Waals surface area contributed by atoms with Crippen LogP contribution >= 0.6 is 0 Å². The minimum Gasteiger partial charge on any atom is -1.00 e. The normalized spacial score (nSPS) is 13.3. The third-order valence-corrected chi connectivity index (χ3v) is 1.41. The van der Waals surface area contributed by atoms with E-state index in [1.54, 1.807) is 0 Å². The molecule has 0 N–H and O–H groups in total. The molecule has 3 heteroatoms. The number of halogens is 2. The molecule has 0 aromatic carbocycles. The average Bonchev–Trinajstić information content (AvgIpc) is 2.14. The molecule has 0 aromatic heterocycles. The zero-order valence-corrected chi connectivity index (χ0v) is 9.82. The zero-order chi connectivity index (χ0) is 5.98. The van der Waals surface area contributed by atoms with Crippen molar-refractivity contribution in [3.63, 3.8) is 0 Å². The van der Waals surface area contributed by atoms with Crippen molar-refractivity contribution < 1.29 is 46.5 Å². The van der Waals surface area contributed by atoms with Gasteiger partial charge in [0, 0.05) is 0 Å². The molecule has 0 spiro atoms. The van der Waals surface area contributed by atoms with Crippen LogP contribution in [-0.4, -0.2) is 0 Å². The molecule has 0 saturated carbocycles. The molecule has 0 fully saturated rings. The predicted molar refractivity (Wildman–Crippen MR) is 35.4 cm³/mol. The first-order valence-corrected chi connectivity index (χ1v) is 3.11. The molecular weight excluding hydrogens is 215 g/mol. The zero-order valence-electron chi connectivity index (χ0n) is 6.75. The number of hydrogen-bond acceptors (Lipinski definition) is 0. The van der Waals surface area contributed by atoms with Gasteiger partial charge in [0.05, 0.1) is 0 Å². The summed E-state index contributed by atoms with van der Waals surface area (Å²) in [6, 6.07) is 0. The monoisotopic (exact) mass is 225 g/mol. The van der Waals surface area contributed by atoms with Crippen molar-refractivity contribution in [3.05, 3.63) is 23.3 Å². The van der Waals surface area contributed by atoms with E-state index in [9.17, 15) is 0 Å². The second-order valence-corrected chi connectivity index (χ2v) is 2.19. The van der Waals surface area contributed by atoms with Crippen molar-refractivity contribution in [2.24, 2.45) is 0 Å². The van der Waals surface area contributed by atoms with Crippen molar-refractivity contribution >= 4 is 0 Å². The Hall–Kier alpha value is 0.774. The van der Waals surface area contributed by atoms with Crippen LogP contribution in [0.2, 0.25) is 0 Å². The summed E-state index contributed by atoms with van der Waals surface area (Å²) in [5.74, 6) is 0. The first kappa shape index (κ1) is 17.8. The third-order valence-electron chi connectivity index (χ3n) is 1.41. The van der Waals surface area contributed by atoms with E-state index in [1.807, 2.05) is 0 Å². The van der Waals surface area contributed by atoms with Crippen molar-refractivity contribution in [1.82, 2.24) is 0 Å². The Morgan fingerprint density at radius 1 is 1.45 bits per heavy atom. The largest absolute Gasteiger partial charge is 3.00 e. The molecule has 0 amide bonds. The molecule has 0 nitrogen and oxygen atoms in total. The van der Waals surface area contributed by atoms with Crippen LogP contribution in [0.1, 0.15) is 26.7 Å². The Kier molecular flexibility index (Phi) is 14.3. The molecule has 0 saturated heterocycles. The molecule has 61 valence electrons. The van der Waals surface area contributed by atoms with Gasteiger partial charge in [-0.2, -0.15) is 5.57 Å². The van der Waals surface area contributed by atoms with Crippen LogP contribution in [0.25, 0.3) is 0 Å². The Labute approximate surface area is 96.2 Å². The van der Waals surface area contributed by atoms with Gasteiger partial charge in [0.25, 0.3) is 0 Å². The summed E-state index contributed by atoms with van der Waals surface area (Å²) in [5.41, 5.74) is 2.75. The second kappa shape index (κ2) is 8.87. The molecule has 1 aliphatic carbocycles. The van der Waals surface area contributed by atoms with E-state index in [0.29, 0.717) is 0 Å². The minimum absolute atomic E-state index is 0. The fraction of sp³-hybridized carbons (Fsp3) is 0.500. The van der Waals surface area contributed by atoms with Crippen molar-refractivity contribution in [2.75, 3.05) is 0 Å². The summed E-state index contributed by atoms with van der Waals surface area (Å²) in [6.45, 7) is 4.29. The minimum atomic E-state index is 0. The molecule has 0 aromatic rings. The van der Waals surface area contributed by atoms with Gasteiger partial charge in [-0.1, -0.05) is 26.7 Å². The van der Waals surface area contributed by atoms with E-state index in [0.717, 1.165) is 12.8 Å². The molecule has 0 heterocycles. The summed E-state index contributed by atoms with van der Waals surface area (Å²) in [7, 11) is 0. The van der Waals surface area contributed by atoms with Crippen molar-refractivity contribution in [1.29, 1.82) is 0 Å². The van der Waals surface area contributed by atoms with Gasteiger partial charge in [0.2, 0.25) is 0 Å². The van der Waals surface area contributed by atoms with Crippen LogP contribution in [0.5, 0.6) is 0 Å². The van der Waals surface area contributed by atoms with E-state index in [-0.39, 0.29) is 46.5 Å². The van der Waals surface area contributed by atoms with E-state index >= 15 is 0 Å². The third kappa shape index (κ3) is 5.98. The molecule has 0 bridgehead atoms. The Morgan fingerprint density at radius 2 is 2.00 bits per heavy atom. The molecule has 1 radical (unpaired) electrons. The van der Waals surface area contributed by atoms with Gasteiger partial charge in [0.1, 0.15) is 0 Å². The van der Waals surface area contributed by atoms with Gasteiger partial charge < -0.3 is 24.8 Å². The smallest absolute Gasteiger partial charge is 1.00 e. The van der Waals surface area contributed by atoms with Crippen LogP contribution in [0.4, 0.5) is 0 Å². The molecule has 1 aliphatic rings. The molecule has 0 unspecified atom stereocenters. The maximum Gasteiger partial charge on any atom is 3.00 e. The van der Waals surface area contributed by atoms with Gasteiger partial charge in [-0.25, -0.2) is 17.7 Å². The van der Waals surface area contributed by atoms with Crippen LogP contribution in [0.3, 0.4) is 0 Å². The molecular formula is C8H11Cl2Ti. The van der Waals surface area contributed by atoms with Gasteiger partial charge in [-0.3, -0.25) is 0 Å².